The number of hydrogen-bond acceptors (Lipinski definition) is 3. The Bertz CT molecular complexity index is 393. The molecule has 2 rings (SSSR count). The summed E-state index contributed by atoms with van der Waals surface area (Å²) in [7, 11) is 1.79. The molecule has 1 fully saturated rings. The molecule has 1 aliphatic rings. The molecule has 4 nitrogen and oxygen atoms in total. The Kier molecular flexibility index (Phi) is 7.59. The van der Waals surface area contributed by atoms with Gasteiger partial charge in [-0.3, -0.25) is 9.69 Å². The number of hydrogen-bond donors (Lipinski definition) is 2. The molecule has 2 N–H and O–H groups in total. The van der Waals surface area contributed by atoms with Crippen molar-refractivity contribution >= 4 is 18.3 Å². The first-order chi connectivity index (χ1) is 9.31. The highest BCUT2D eigenvalue weighted by molar-refractivity contribution is 5.85. The van der Waals surface area contributed by atoms with Crippen LogP contribution in [0.15, 0.2) is 30.3 Å². The minimum atomic E-state index is 0. The summed E-state index contributed by atoms with van der Waals surface area (Å²) in [6.07, 6.45) is 2.52. The van der Waals surface area contributed by atoms with Gasteiger partial charge >= 0.3 is 0 Å². The maximum atomic E-state index is 11.6. The summed E-state index contributed by atoms with van der Waals surface area (Å²) in [6.45, 7) is 3.31. The average Bonchev–Trinajstić information content (AvgIpc) is 2.94. The Morgan fingerprint density at radius 2 is 1.90 bits per heavy atom. The zero-order chi connectivity index (χ0) is 13.5. The molecule has 0 aliphatic carbocycles. The Morgan fingerprint density at radius 1 is 1.25 bits per heavy atom. The van der Waals surface area contributed by atoms with Crippen LogP contribution in [0.2, 0.25) is 0 Å². The van der Waals surface area contributed by atoms with Crippen LogP contribution >= 0.6 is 12.4 Å². The maximum Gasteiger partial charge on any atom is 0.234 e. The fourth-order valence-corrected chi connectivity index (χ4v) is 2.62. The van der Waals surface area contributed by atoms with Crippen LogP contribution in [0.4, 0.5) is 0 Å². The lowest BCUT2D eigenvalue weighted by Crippen LogP contribution is -2.39. The molecule has 0 aromatic heterocycles. The van der Waals surface area contributed by atoms with Crippen LogP contribution in [0.5, 0.6) is 0 Å². The highest BCUT2D eigenvalue weighted by Crippen LogP contribution is 2.24. The first kappa shape index (κ1) is 17.0. The largest absolute Gasteiger partial charge is 0.353 e. The number of nitrogens with one attached hydrogen (secondary N) is 2. The molecular formula is C15H24ClN3O. The van der Waals surface area contributed by atoms with E-state index >= 15 is 0 Å². The van der Waals surface area contributed by atoms with Crippen LogP contribution in [0.25, 0.3) is 0 Å². The van der Waals surface area contributed by atoms with Crippen LogP contribution in [-0.4, -0.2) is 44.0 Å². The van der Waals surface area contributed by atoms with Gasteiger partial charge in [0.2, 0.25) is 5.91 Å². The van der Waals surface area contributed by atoms with E-state index in [9.17, 15) is 4.79 Å². The van der Waals surface area contributed by atoms with Crippen molar-refractivity contribution in [3.63, 3.8) is 0 Å². The number of carbonyl (C=O) groups is 1. The van der Waals surface area contributed by atoms with E-state index < -0.39 is 0 Å². The third-order valence-corrected chi connectivity index (χ3v) is 3.60. The van der Waals surface area contributed by atoms with Crippen molar-refractivity contribution in [3.8, 4) is 0 Å². The smallest absolute Gasteiger partial charge is 0.234 e. The third-order valence-electron chi connectivity index (χ3n) is 3.60. The molecule has 112 valence electrons. The van der Waals surface area contributed by atoms with E-state index in [4.69, 9.17) is 0 Å². The van der Waals surface area contributed by atoms with Crippen LogP contribution in [0, 0.1) is 0 Å². The zero-order valence-electron chi connectivity index (χ0n) is 12.0. The van der Waals surface area contributed by atoms with Gasteiger partial charge in [-0.15, -0.1) is 12.4 Å². The van der Waals surface area contributed by atoms with Crippen LogP contribution in [0.3, 0.4) is 0 Å². The SMILES string of the molecule is CNCC(=O)NCC(c1ccccc1)N1CCCC1.Cl. The average molecular weight is 298 g/mol. The third kappa shape index (κ3) is 4.78. The van der Waals surface area contributed by atoms with E-state index in [2.05, 4.69) is 39.8 Å². The highest BCUT2D eigenvalue weighted by atomic mass is 35.5. The van der Waals surface area contributed by atoms with E-state index in [0.29, 0.717) is 19.1 Å². The topological polar surface area (TPSA) is 44.4 Å². The number of rotatable bonds is 6. The van der Waals surface area contributed by atoms with Crippen molar-refractivity contribution < 1.29 is 4.79 Å². The van der Waals surface area contributed by atoms with Gasteiger partial charge in [-0.25, -0.2) is 0 Å². The van der Waals surface area contributed by atoms with Gasteiger partial charge in [0.1, 0.15) is 0 Å². The summed E-state index contributed by atoms with van der Waals surface area (Å²) < 4.78 is 0. The summed E-state index contributed by atoms with van der Waals surface area (Å²) in [5.74, 6) is 0.0580. The second-order valence-corrected chi connectivity index (χ2v) is 5.00. The monoisotopic (exact) mass is 297 g/mol. The van der Waals surface area contributed by atoms with Crippen molar-refractivity contribution in [2.24, 2.45) is 0 Å². The molecule has 20 heavy (non-hydrogen) atoms. The molecule has 5 heteroatoms. The predicted octanol–water partition coefficient (Wildman–Crippen LogP) is 1.58. The van der Waals surface area contributed by atoms with Gasteiger partial charge in [0.25, 0.3) is 0 Å². The first-order valence-electron chi connectivity index (χ1n) is 7.01. The number of carbonyl (C=O) groups excluding carboxylic acids is 1. The molecule has 1 unspecified atom stereocenters. The molecule has 0 spiro atoms. The van der Waals surface area contributed by atoms with Gasteiger partial charge in [-0.1, -0.05) is 30.3 Å². The molecule has 1 atom stereocenters. The molecule has 1 saturated heterocycles. The van der Waals surface area contributed by atoms with Gasteiger partial charge in [0.15, 0.2) is 0 Å². The molecule has 0 saturated carbocycles. The number of nitrogens with zero attached hydrogens (tertiary/aromatic N) is 1. The van der Waals surface area contributed by atoms with E-state index in [1.54, 1.807) is 7.05 Å². The van der Waals surface area contributed by atoms with Crippen molar-refractivity contribution in [3.05, 3.63) is 35.9 Å². The predicted molar refractivity (Wildman–Crippen MR) is 84.2 cm³/mol. The second kappa shape index (κ2) is 8.95. The lowest BCUT2D eigenvalue weighted by atomic mass is 10.1. The number of likely N-dealkylation sites (N-methyl/N-ethyl adjacent to an activating group) is 1. The fourth-order valence-electron chi connectivity index (χ4n) is 2.62. The Balaban J connectivity index is 0.00000200. The van der Waals surface area contributed by atoms with Crippen LogP contribution < -0.4 is 10.6 Å². The fraction of sp³-hybridized carbons (Fsp3) is 0.533. The summed E-state index contributed by atoms with van der Waals surface area (Å²) in [4.78, 5) is 14.1. The molecule has 1 heterocycles. The van der Waals surface area contributed by atoms with E-state index in [1.165, 1.54) is 18.4 Å². The lowest BCUT2D eigenvalue weighted by molar-refractivity contribution is -0.120. The van der Waals surface area contributed by atoms with Gasteiger partial charge < -0.3 is 10.6 Å². The molecule has 0 radical (unpaired) electrons. The summed E-state index contributed by atoms with van der Waals surface area (Å²) in [6, 6.07) is 10.7. The van der Waals surface area contributed by atoms with Crippen LogP contribution in [0.1, 0.15) is 24.4 Å². The summed E-state index contributed by atoms with van der Waals surface area (Å²) in [5, 5.41) is 5.89. The van der Waals surface area contributed by atoms with Gasteiger partial charge in [-0.2, -0.15) is 0 Å². The number of benzene rings is 1. The number of halogens is 1. The normalized spacial score (nSPS) is 16.4. The molecular weight excluding hydrogens is 274 g/mol. The second-order valence-electron chi connectivity index (χ2n) is 5.00. The zero-order valence-corrected chi connectivity index (χ0v) is 12.8. The van der Waals surface area contributed by atoms with E-state index in [-0.39, 0.29) is 18.3 Å². The number of amides is 1. The van der Waals surface area contributed by atoms with Gasteiger partial charge in [-0.05, 0) is 38.5 Å². The Hall–Kier alpha value is -1.10. The van der Waals surface area contributed by atoms with E-state index in [1.807, 2.05) is 6.07 Å². The highest BCUT2D eigenvalue weighted by Gasteiger charge is 2.23. The minimum absolute atomic E-state index is 0. The lowest BCUT2D eigenvalue weighted by Gasteiger charge is -2.28. The van der Waals surface area contributed by atoms with Crippen molar-refractivity contribution in [2.45, 2.75) is 18.9 Å². The van der Waals surface area contributed by atoms with Crippen molar-refractivity contribution in [1.29, 1.82) is 0 Å². The molecule has 1 aromatic carbocycles. The summed E-state index contributed by atoms with van der Waals surface area (Å²) in [5.41, 5.74) is 1.29. The van der Waals surface area contributed by atoms with Crippen LogP contribution in [-0.2, 0) is 4.79 Å². The Morgan fingerprint density at radius 3 is 2.50 bits per heavy atom. The molecule has 1 amide bonds. The first-order valence-corrected chi connectivity index (χ1v) is 7.01. The van der Waals surface area contributed by atoms with Crippen molar-refractivity contribution in [2.75, 3.05) is 33.2 Å². The van der Waals surface area contributed by atoms with Gasteiger partial charge in [0, 0.05) is 6.54 Å². The quantitative estimate of drug-likeness (QED) is 0.838. The molecule has 1 aromatic rings. The Labute approximate surface area is 127 Å². The maximum absolute atomic E-state index is 11.6. The standard InChI is InChI=1S/C15H23N3O.ClH/c1-16-12-15(19)17-11-14(18-9-5-6-10-18)13-7-3-2-4-8-13;/h2-4,7-8,14,16H,5-6,9-12H2,1H3,(H,17,19);1H. The molecule has 0 bridgehead atoms. The van der Waals surface area contributed by atoms with Gasteiger partial charge in [0.05, 0.1) is 12.6 Å². The van der Waals surface area contributed by atoms with E-state index in [0.717, 1.165) is 13.1 Å². The summed E-state index contributed by atoms with van der Waals surface area (Å²) >= 11 is 0. The number of likely N-dealkylation sites (tertiary alicyclic amines) is 1. The van der Waals surface area contributed by atoms with Crippen molar-refractivity contribution in [1.82, 2.24) is 15.5 Å². The molecule has 1 aliphatic heterocycles. The minimum Gasteiger partial charge on any atom is -0.353 e.